The Bertz CT molecular complexity index is 2780. The third-order valence-electron chi connectivity index (χ3n) is 12.2. The highest BCUT2D eigenvalue weighted by atomic mass is 19.1. The predicted octanol–water partition coefficient (Wildman–Crippen LogP) is 1.67. The molecule has 3 aromatic carbocycles. The van der Waals surface area contributed by atoms with Crippen molar-refractivity contribution in [1.29, 1.82) is 0 Å². The zero-order valence-corrected chi connectivity index (χ0v) is 43.3. The lowest BCUT2D eigenvalue weighted by Crippen LogP contribution is -2.52. The Labute approximate surface area is 443 Å². The van der Waals surface area contributed by atoms with Gasteiger partial charge in [-0.1, -0.05) is 63.2 Å². The number of primary amides is 1. The van der Waals surface area contributed by atoms with Crippen LogP contribution in [0.4, 0.5) is 19.3 Å². The van der Waals surface area contributed by atoms with E-state index in [9.17, 15) is 52.6 Å². The average molecular weight is 1070 g/mol. The average Bonchev–Trinajstić information content (AvgIpc) is 3.96. The topological polar surface area (TPSA) is 322 Å². The van der Waals surface area contributed by atoms with Crippen LogP contribution in [0.3, 0.4) is 0 Å². The molecule has 4 atom stereocenters. The molecule has 0 bridgehead atoms. The zero-order valence-electron chi connectivity index (χ0n) is 43.3. The summed E-state index contributed by atoms with van der Waals surface area (Å²) < 4.78 is 31.3. The first-order valence-electron chi connectivity index (χ1n) is 24.9. The van der Waals surface area contributed by atoms with Crippen molar-refractivity contribution in [3.63, 3.8) is 0 Å². The Morgan fingerprint density at radius 2 is 1.48 bits per heavy atom. The van der Waals surface area contributed by atoms with Crippen molar-refractivity contribution in [3.05, 3.63) is 120 Å². The Morgan fingerprint density at radius 1 is 0.792 bits per heavy atom. The van der Waals surface area contributed by atoms with Crippen molar-refractivity contribution in [1.82, 2.24) is 45.9 Å². The fourth-order valence-electron chi connectivity index (χ4n) is 8.31. The second-order valence-electron chi connectivity index (χ2n) is 19.3. The molecule has 4 aromatic rings. The van der Waals surface area contributed by atoms with Crippen LogP contribution in [0.1, 0.15) is 76.4 Å². The molecule has 77 heavy (non-hydrogen) atoms. The normalized spacial score (nSPS) is 13.7. The van der Waals surface area contributed by atoms with Crippen molar-refractivity contribution in [2.24, 2.45) is 16.9 Å². The van der Waals surface area contributed by atoms with Crippen LogP contribution in [0.2, 0.25) is 0 Å². The van der Waals surface area contributed by atoms with Crippen LogP contribution in [0.15, 0.2) is 91.1 Å². The number of nitrogens with one attached hydrogen (secondary N) is 6. The van der Waals surface area contributed by atoms with Gasteiger partial charge in [-0.05, 0) is 73.1 Å². The van der Waals surface area contributed by atoms with Gasteiger partial charge >= 0.3 is 6.03 Å². The number of hydrogen-bond donors (Lipinski definition) is 9. The van der Waals surface area contributed by atoms with E-state index in [1.165, 1.54) is 11.8 Å². The molecule has 10 amide bonds. The Morgan fingerprint density at radius 3 is 2.13 bits per heavy atom. The van der Waals surface area contributed by atoms with Crippen molar-refractivity contribution >= 4 is 59.0 Å². The highest BCUT2D eigenvalue weighted by Crippen LogP contribution is 2.39. The van der Waals surface area contributed by atoms with Gasteiger partial charge in [0.1, 0.15) is 36.1 Å². The van der Waals surface area contributed by atoms with Crippen LogP contribution < -0.4 is 43.4 Å². The van der Waals surface area contributed by atoms with Crippen molar-refractivity contribution in [2.75, 3.05) is 44.6 Å². The number of imide groups is 1. The van der Waals surface area contributed by atoms with E-state index in [1.807, 2.05) is 51.1 Å². The molecule has 1 aromatic heterocycles. The van der Waals surface area contributed by atoms with Crippen LogP contribution in [0, 0.1) is 17.0 Å². The van der Waals surface area contributed by atoms with E-state index in [-0.39, 0.29) is 88.5 Å². The molecule has 22 nitrogen and oxygen atoms in total. The highest BCUT2D eigenvalue weighted by Gasteiger charge is 2.39. The van der Waals surface area contributed by atoms with E-state index >= 15 is 4.39 Å². The minimum atomic E-state index is -1.21. The first kappa shape index (κ1) is 59.5. The molecule has 0 radical (unpaired) electrons. The lowest BCUT2D eigenvalue weighted by Gasteiger charge is -2.40. The first-order chi connectivity index (χ1) is 36.5. The van der Waals surface area contributed by atoms with E-state index in [0.29, 0.717) is 17.1 Å². The van der Waals surface area contributed by atoms with Gasteiger partial charge in [0.2, 0.25) is 35.4 Å². The molecule has 11 N–H and O–H groups in total. The number of aliphatic hydroxyl groups excluding tert-OH is 1. The Kier molecular flexibility index (Phi) is 21.6. The molecular formula is C53H66F2N12O10. The van der Waals surface area contributed by atoms with Crippen LogP contribution in [-0.4, -0.2) is 135 Å². The molecular weight excluding hydrogens is 1000 g/mol. The standard InChI is InChI=1S/C53H66F2N12O10/c1-32(49(74)64-40(11-8-22-60-52(57)77)51(76)62-36-15-12-33(13-16-36)27-43(70)58-24-26-66-44(71)18-19-45(66)72)61-42(69)20-23-59-50(75)39(56)21-25-67(46(73)31-68)47(53(2,3)4)48-63-41(37-28-35(54)14-17-38(37)55)30-65(48)29-34-9-6-5-7-10-34/h5-7,9-10,12-19,28,30,32,39-40,47,68H,8,11,20-27,29,31,56H2,1-4H3,(H,58,70)(H,59,75)(H,61,69)(H,62,76)(H,64,74)(H3,57,60,77)/t32-,39-,40-,47-/m0/s1. The Hall–Kier alpha value is -8.38. The summed E-state index contributed by atoms with van der Waals surface area (Å²) in [6.45, 7) is 6.09. The summed E-state index contributed by atoms with van der Waals surface area (Å²) in [5.74, 6) is -5.71. The zero-order chi connectivity index (χ0) is 56.4. The number of imidazole rings is 1. The fourth-order valence-corrected chi connectivity index (χ4v) is 8.31. The number of aromatic nitrogens is 2. The summed E-state index contributed by atoms with van der Waals surface area (Å²) in [6, 6.07) is 13.4. The van der Waals surface area contributed by atoms with Gasteiger partial charge < -0.3 is 57.9 Å². The largest absolute Gasteiger partial charge is 0.387 e. The van der Waals surface area contributed by atoms with Gasteiger partial charge in [0, 0.05) is 75.3 Å². The van der Waals surface area contributed by atoms with E-state index in [0.717, 1.165) is 40.8 Å². The molecule has 1 aliphatic rings. The Balaban J connectivity index is 1.14. The molecule has 0 fully saturated rings. The van der Waals surface area contributed by atoms with Gasteiger partial charge in [0.05, 0.1) is 24.2 Å². The van der Waals surface area contributed by atoms with Gasteiger partial charge in [-0.3, -0.25) is 43.3 Å². The first-order valence-corrected chi connectivity index (χ1v) is 24.9. The monoisotopic (exact) mass is 1070 g/mol. The predicted molar refractivity (Wildman–Crippen MR) is 278 cm³/mol. The minimum absolute atomic E-state index is 0.0174. The number of anilines is 1. The summed E-state index contributed by atoms with van der Waals surface area (Å²) in [7, 11) is 0. The second-order valence-corrected chi connectivity index (χ2v) is 19.3. The highest BCUT2D eigenvalue weighted by molar-refractivity contribution is 6.12. The number of amides is 10. The van der Waals surface area contributed by atoms with Gasteiger partial charge in [-0.2, -0.15) is 0 Å². The van der Waals surface area contributed by atoms with Gasteiger partial charge in [0.15, 0.2) is 0 Å². The maximum absolute atomic E-state index is 15.1. The maximum atomic E-state index is 15.1. The van der Waals surface area contributed by atoms with E-state index in [1.54, 1.807) is 35.0 Å². The number of carbonyl (C=O) groups excluding carboxylic acids is 9. The quantitative estimate of drug-likeness (QED) is 0.0304. The number of carbonyl (C=O) groups is 9. The second kappa shape index (κ2) is 28.0. The van der Waals surface area contributed by atoms with E-state index in [4.69, 9.17) is 16.5 Å². The molecule has 2 heterocycles. The summed E-state index contributed by atoms with van der Waals surface area (Å²) in [5.41, 5.74) is 12.5. The van der Waals surface area contributed by atoms with Gasteiger partial charge in [-0.25, -0.2) is 18.6 Å². The minimum Gasteiger partial charge on any atom is -0.387 e. The third kappa shape index (κ3) is 17.9. The van der Waals surface area contributed by atoms with Crippen LogP contribution in [0.5, 0.6) is 0 Å². The number of hydrogen-bond acceptors (Lipinski definition) is 12. The van der Waals surface area contributed by atoms with Gasteiger partial charge in [-0.15, -0.1) is 0 Å². The molecule has 0 saturated carbocycles. The molecule has 5 rings (SSSR count). The summed E-state index contributed by atoms with van der Waals surface area (Å²) in [4.78, 5) is 121. The van der Waals surface area contributed by atoms with Crippen LogP contribution in [0.25, 0.3) is 11.3 Å². The van der Waals surface area contributed by atoms with E-state index < -0.39 is 95.2 Å². The third-order valence-corrected chi connectivity index (χ3v) is 12.2. The van der Waals surface area contributed by atoms with Crippen molar-refractivity contribution in [3.8, 4) is 11.3 Å². The lowest BCUT2D eigenvalue weighted by molar-refractivity contribution is -0.140. The van der Waals surface area contributed by atoms with Crippen LogP contribution >= 0.6 is 0 Å². The smallest absolute Gasteiger partial charge is 0.312 e. The van der Waals surface area contributed by atoms with Gasteiger partial charge in [0.25, 0.3) is 11.8 Å². The number of halogens is 2. The summed E-state index contributed by atoms with van der Waals surface area (Å²) in [5, 5.41) is 25.7. The molecule has 0 saturated heterocycles. The molecule has 0 unspecified atom stereocenters. The molecule has 1 aliphatic heterocycles. The maximum Gasteiger partial charge on any atom is 0.312 e. The van der Waals surface area contributed by atoms with E-state index in [2.05, 4.69) is 31.9 Å². The number of urea groups is 1. The van der Waals surface area contributed by atoms with Crippen molar-refractivity contribution in [2.45, 2.75) is 90.5 Å². The molecule has 0 spiro atoms. The fraction of sp³-hybridized carbons (Fsp3) is 0.396. The molecule has 24 heteroatoms. The number of nitrogens with zero attached hydrogens (tertiary/aromatic N) is 4. The van der Waals surface area contributed by atoms with Crippen LogP contribution in [-0.2, 0) is 51.3 Å². The molecule has 0 aliphatic carbocycles. The summed E-state index contributed by atoms with van der Waals surface area (Å²) in [6.07, 6.45) is 3.73. The number of rotatable bonds is 27. The number of benzene rings is 3. The summed E-state index contributed by atoms with van der Waals surface area (Å²) >= 11 is 0. The SMILES string of the molecule is C[C@H](NC(=O)CCNC(=O)[C@@H](N)CCN(C(=O)CO)[C@@H](c1nc(-c2cc(F)ccc2F)cn1Cc1ccccc1)C(C)(C)C)C(=O)N[C@@H](CCCNC(N)=O)C(=O)Nc1ccc(CC(=O)NCCN2C(=O)C=CC2=O)cc1. The molecule has 412 valence electrons. The lowest BCUT2D eigenvalue weighted by atomic mass is 9.84. The van der Waals surface area contributed by atoms with Crippen molar-refractivity contribution < 1.29 is 57.0 Å². The number of nitrogens with two attached hydrogens (primary N) is 2. The number of aliphatic hydroxyl groups is 1.